The van der Waals surface area contributed by atoms with Crippen molar-refractivity contribution in [2.45, 2.75) is 18.9 Å². The van der Waals surface area contributed by atoms with Gasteiger partial charge < -0.3 is 16.2 Å². The lowest BCUT2D eigenvalue weighted by Gasteiger charge is -2.37. The summed E-state index contributed by atoms with van der Waals surface area (Å²) in [4.78, 5) is 13.6. The number of benzene rings is 1. The Labute approximate surface area is 119 Å². The molecule has 1 aromatic carbocycles. The molecule has 0 bridgehead atoms. The van der Waals surface area contributed by atoms with Crippen LogP contribution in [-0.4, -0.2) is 37.6 Å². The van der Waals surface area contributed by atoms with Gasteiger partial charge in [0.2, 0.25) is 5.91 Å². The predicted octanol–water partition coefficient (Wildman–Crippen LogP) is 0.892. The largest absolute Gasteiger partial charge is 0.497 e. The zero-order valence-corrected chi connectivity index (χ0v) is 11.9. The molecule has 0 spiro atoms. The van der Waals surface area contributed by atoms with Crippen LogP contribution in [0.1, 0.15) is 24.4 Å². The Hall–Kier alpha value is -1.59. The fourth-order valence-corrected chi connectivity index (χ4v) is 2.84. The van der Waals surface area contributed by atoms with Crippen LogP contribution in [0, 0.1) is 5.92 Å². The number of primary amides is 1. The molecule has 4 N–H and O–H groups in total. The first-order valence-corrected chi connectivity index (χ1v) is 7.03. The van der Waals surface area contributed by atoms with E-state index in [0.717, 1.165) is 30.7 Å². The van der Waals surface area contributed by atoms with Gasteiger partial charge in [-0.15, -0.1) is 0 Å². The maximum Gasteiger partial charge on any atom is 0.221 e. The molecule has 1 heterocycles. The molecule has 1 amide bonds. The molecular weight excluding hydrogens is 254 g/mol. The molecule has 0 radical (unpaired) electrons. The van der Waals surface area contributed by atoms with Crippen molar-refractivity contribution in [3.63, 3.8) is 0 Å². The highest BCUT2D eigenvalue weighted by Gasteiger charge is 2.28. The summed E-state index contributed by atoms with van der Waals surface area (Å²) in [5.41, 5.74) is 12.5. The van der Waals surface area contributed by atoms with Crippen molar-refractivity contribution in [1.82, 2.24) is 4.90 Å². The number of ether oxygens (including phenoxy) is 1. The van der Waals surface area contributed by atoms with Gasteiger partial charge in [-0.2, -0.15) is 0 Å². The Morgan fingerprint density at radius 2 is 2.15 bits per heavy atom. The highest BCUT2D eigenvalue weighted by Crippen LogP contribution is 2.27. The lowest BCUT2D eigenvalue weighted by Crippen LogP contribution is -2.44. The molecule has 2 unspecified atom stereocenters. The SMILES string of the molecule is COc1ccc(C(CN)N2CCCC(C(N)=O)C2)cc1. The van der Waals surface area contributed by atoms with Gasteiger partial charge in [-0.25, -0.2) is 0 Å². The minimum absolute atomic E-state index is 0.0592. The third-order valence-corrected chi connectivity index (χ3v) is 4.02. The molecule has 0 saturated carbocycles. The second-order valence-corrected chi connectivity index (χ2v) is 5.26. The topological polar surface area (TPSA) is 81.6 Å². The van der Waals surface area contributed by atoms with Crippen LogP contribution in [0.4, 0.5) is 0 Å². The number of likely N-dealkylation sites (tertiary alicyclic amines) is 1. The van der Waals surface area contributed by atoms with Gasteiger partial charge in [-0.3, -0.25) is 9.69 Å². The predicted molar refractivity (Wildman–Crippen MR) is 78.3 cm³/mol. The van der Waals surface area contributed by atoms with Crippen LogP contribution in [0.2, 0.25) is 0 Å². The number of carbonyl (C=O) groups is 1. The molecule has 1 fully saturated rings. The van der Waals surface area contributed by atoms with Crippen molar-refractivity contribution in [3.8, 4) is 5.75 Å². The van der Waals surface area contributed by atoms with E-state index >= 15 is 0 Å². The molecule has 5 heteroatoms. The summed E-state index contributed by atoms with van der Waals surface area (Å²) in [6.45, 7) is 2.18. The van der Waals surface area contributed by atoms with E-state index < -0.39 is 0 Å². The number of nitrogens with two attached hydrogens (primary N) is 2. The summed E-state index contributed by atoms with van der Waals surface area (Å²) in [6, 6.07) is 8.07. The van der Waals surface area contributed by atoms with E-state index in [9.17, 15) is 4.79 Å². The van der Waals surface area contributed by atoms with Crippen molar-refractivity contribution in [2.75, 3.05) is 26.7 Å². The van der Waals surface area contributed by atoms with Gasteiger partial charge in [0.05, 0.1) is 13.0 Å². The second-order valence-electron chi connectivity index (χ2n) is 5.26. The fraction of sp³-hybridized carbons (Fsp3) is 0.533. The van der Waals surface area contributed by atoms with Gasteiger partial charge in [0.15, 0.2) is 0 Å². The van der Waals surface area contributed by atoms with E-state index in [1.165, 1.54) is 0 Å². The number of hydrogen-bond acceptors (Lipinski definition) is 4. The maximum absolute atomic E-state index is 11.4. The quantitative estimate of drug-likeness (QED) is 0.837. The number of amides is 1. The first kappa shape index (κ1) is 14.8. The second kappa shape index (κ2) is 6.72. The van der Waals surface area contributed by atoms with E-state index in [-0.39, 0.29) is 17.9 Å². The molecule has 20 heavy (non-hydrogen) atoms. The van der Waals surface area contributed by atoms with E-state index in [2.05, 4.69) is 4.90 Å². The molecular formula is C15H23N3O2. The molecule has 1 aromatic rings. The Bertz CT molecular complexity index is 447. The third kappa shape index (κ3) is 3.29. The van der Waals surface area contributed by atoms with Crippen LogP contribution >= 0.6 is 0 Å². The van der Waals surface area contributed by atoms with Crippen molar-refractivity contribution in [1.29, 1.82) is 0 Å². The first-order valence-electron chi connectivity index (χ1n) is 7.03. The van der Waals surface area contributed by atoms with Gasteiger partial charge in [0, 0.05) is 19.1 Å². The van der Waals surface area contributed by atoms with Crippen molar-refractivity contribution in [2.24, 2.45) is 17.4 Å². The van der Waals surface area contributed by atoms with Crippen molar-refractivity contribution >= 4 is 5.91 Å². The summed E-state index contributed by atoms with van der Waals surface area (Å²) >= 11 is 0. The van der Waals surface area contributed by atoms with E-state index in [4.69, 9.17) is 16.2 Å². The van der Waals surface area contributed by atoms with Crippen LogP contribution in [0.25, 0.3) is 0 Å². The van der Waals surface area contributed by atoms with E-state index in [1.54, 1.807) is 7.11 Å². The van der Waals surface area contributed by atoms with Crippen LogP contribution < -0.4 is 16.2 Å². The van der Waals surface area contributed by atoms with Gasteiger partial charge in [-0.05, 0) is 37.1 Å². The smallest absolute Gasteiger partial charge is 0.221 e. The minimum Gasteiger partial charge on any atom is -0.497 e. The minimum atomic E-state index is -0.208. The number of hydrogen-bond donors (Lipinski definition) is 2. The van der Waals surface area contributed by atoms with Gasteiger partial charge in [0.25, 0.3) is 0 Å². The lowest BCUT2D eigenvalue weighted by molar-refractivity contribution is -0.123. The molecule has 2 rings (SSSR count). The molecule has 1 aliphatic heterocycles. The first-order chi connectivity index (χ1) is 9.65. The van der Waals surface area contributed by atoms with Gasteiger partial charge >= 0.3 is 0 Å². The summed E-state index contributed by atoms with van der Waals surface area (Å²) < 4.78 is 5.17. The number of piperidine rings is 1. The molecule has 0 aliphatic carbocycles. The molecule has 1 aliphatic rings. The Morgan fingerprint density at radius 3 is 2.70 bits per heavy atom. The van der Waals surface area contributed by atoms with E-state index in [0.29, 0.717) is 13.1 Å². The standard InChI is InChI=1S/C15H23N3O2/c1-20-13-6-4-11(5-7-13)14(9-16)18-8-2-3-12(10-18)15(17)19/h4-7,12,14H,2-3,8-10,16H2,1H3,(H2,17,19). The normalized spacial score (nSPS) is 21.4. The average Bonchev–Trinajstić information content (AvgIpc) is 2.49. The van der Waals surface area contributed by atoms with Gasteiger partial charge in [0.1, 0.15) is 5.75 Å². The molecule has 2 atom stereocenters. The molecule has 0 aromatic heterocycles. The van der Waals surface area contributed by atoms with Crippen molar-refractivity contribution < 1.29 is 9.53 Å². The number of methoxy groups -OCH3 is 1. The average molecular weight is 277 g/mol. The Kier molecular flexibility index (Phi) is 4.98. The lowest BCUT2D eigenvalue weighted by atomic mass is 9.94. The van der Waals surface area contributed by atoms with Gasteiger partial charge in [-0.1, -0.05) is 12.1 Å². The summed E-state index contributed by atoms with van der Waals surface area (Å²) in [6.07, 6.45) is 1.87. The van der Waals surface area contributed by atoms with Crippen molar-refractivity contribution in [3.05, 3.63) is 29.8 Å². The molecule has 110 valence electrons. The fourth-order valence-electron chi connectivity index (χ4n) is 2.84. The Balaban J connectivity index is 2.12. The highest BCUT2D eigenvalue weighted by atomic mass is 16.5. The zero-order chi connectivity index (χ0) is 14.5. The zero-order valence-electron chi connectivity index (χ0n) is 11.9. The van der Waals surface area contributed by atoms with Crippen LogP contribution in [0.15, 0.2) is 24.3 Å². The molecule has 1 saturated heterocycles. The summed E-state index contributed by atoms with van der Waals surface area (Å²) in [5.74, 6) is 0.564. The number of carbonyl (C=O) groups excluding carboxylic acids is 1. The van der Waals surface area contributed by atoms with Crippen LogP contribution in [-0.2, 0) is 4.79 Å². The van der Waals surface area contributed by atoms with Crippen LogP contribution in [0.5, 0.6) is 5.75 Å². The summed E-state index contributed by atoms with van der Waals surface area (Å²) in [5, 5.41) is 0. The Morgan fingerprint density at radius 1 is 1.45 bits per heavy atom. The molecule has 5 nitrogen and oxygen atoms in total. The maximum atomic E-state index is 11.4. The highest BCUT2D eigenvalue weighted by molar-refractivity contribution is 5.76. The number of rotatable bonds is 5. The monoisotopic (exact) mass is 277 g/mol. The summed E-state index contributed by atoms with van der Waals surface area (Å²) in [7, 11) is 1.65. The third-order valence-electron chi connectivity index (χ3n) is 4.02. The number of nitrogens with zero attached hydrogens (tertiary/aromatic N) is 1. The van der Waals surface area contributed by atoms with Crippen LogP contribution in [0.3, 0.4) is 0 Å². The van der Waals surface area contributed by atoms with E-state index in [1.807, 2.05) is 24.3 Å².